The molecule has 0 bridgehead atoms. The molecule has 1 saturated carbocycles. The third-order valence-electron chi connectivity index (χ3n) is 2.27. The van der Waals surface area contributed by atoms with Gasteiger partial charge in [0.25, 0.3) is 0 Å². The van der Waals surface area contributed by atoms with Gasteiger partial charge in [0.1, 0.15) is 0 Å². The summed E-state index contributed by atoms with van der Waals surface area (Å²) in [6.45, 7) is 0. The molecule has 0 amide bonds. The summed E-state index contributed by atoms with van der Waals surface area (Å²) in [6, 6.07) is 0. The number of carboxylic acids is 1. The second-order valence-corrected chi connectivity index (χ2v) is 3.40. The topological polar surface area (TPSA) is 37.3 Å². The zero-order valence-corrected chi connectivity index (χ0v) is 6.72. The minimum Gasteiger partial charge on any atom is -0.481 e. The van der Waals surface area contributed by atoms with Crippen LogP contribution in [-0.2, 0) is 4.79 Å². The number of halogens is 2. The zero-order chi connectivity index (χ0) is 9.19. The first-order valence-electron chi connectivity index (χ1n) is 4.09. The van der Waals surface area contributed by atoms with E-state index in [1.54, 1.807) is 0 Å². The molecule has 1 N–H and O–H groups in total. The Kier molecular flexibility index (Phi) is 2.65. The molecule has 1 aliphatic rings. The first-order chi connectivity index (χ1) is 5.49. The van der Waals surface area contributed by atoms with E-state index in [1.165, 1.54) is 0 Å². The van der Waals surface area contributed by atoms with Crippen LogP contribution in [0, 0.1) is 5.92 Å². The summed E-state index contributed by atoms with van der Waals surface area (Å²) in [5.74, 6) is -3.52. The number of carbonyl (C=O) groups is 1. The molecule has 0 aromatic rings. The number of hydrogen-bond acceptors (Lipinski definition) is 1. The number of carboxylic acid groups (broad SMARTS) is 1. The van der Waals surface area contributed by atoms with Crippen LogP contribution in [-0.4, -0.2) is 17.0 Å². The lowest BCUT2D eigenvalue weighted by Gasteiger charge is -2.08. The van der Waals surface area contributed by atoms with Gasteiger partial charge in [-0.25, -0.2) is 8.78 Å². The van der Waals surface area contributed by atoms with Gasteiger partial charge >= 0.3 is 5.97 Å². The van der Waals surface area contributed by atoms with Crippen LogP contribution in [0.5, 0.6) is 0 Å². The maximum absolute atomic E-state index is 12.6. The number of aliphatic carboxylic acids is 1. The Labute approximate surface area is 69.6 Å². The summed E-state index contributed by atoms with van der Waals surface area (Å²) >= 11 is 0. The molecule has 12 heavy (non-hydrogen) atoms. The Morgan fingerprint density at radius 3 is 2.67 bits per heavy atom. The van der Waals surface area contributed by atoms with Crippen molar-refractivity contribution in [1.82, 2.24) is 0 Å². The van der Waals surface area contributed by atoms with Crippen molar-refractivity contribution < 1.29 is 18.7 Å². The highest BCUT2D eigenvalue weighted by atomic mass is 19.3. The Morgan fingerprint density at radius 1 is 1.58 bits per heavy atom. The van der Waals surface area contributed by atoms with E-state index in [2.05, 4.69) is 0 Å². The lowest BCUT2D eigenvalue weighted by molar-refractivity contribution is -0.137. The largest absolute Gasteiger partial charge is 0.481 e. The summed E-state index contributed by atoms with van der Waals surface area (Å²) in [7, 11) is 0. The monoisotopic (exact) mass is 178 g/mol. The van der Waals surface area contributed by atoms with Gasteiger partial charge in [0, 0.05) is 19.3 Å². The second kappa shape index (κ2) is 3.37. The summed E-state index contributed by atoms with van der Waals surface area (Å²) in [4.78, 5) is 10.1. The van der Waals surface area contributed by atoms with Crippen LogP contribution in [0.3, 0.4) is 0 Å². The molecule has 0 aromatic carbocycles. The van der Waals surface area contributed by atoms with Gasteiger partial charge in [0.15, 0.2) is 0 Å². The molecule has 0 spiro atoms. The van der Waals surface area contributed by atoms with Crippen molar-refractivity contribution in [2.75, 3.05) is 0 Å². The van der Waals surface area contributed by atoms with Gasteiger partial charge in [-0.2, -0.15) is 0 Å². The van der Waals surface area contributed by atoms with E-state index in [0.29, 0.717) is 12.8 Å². The van der Waals surface area contributed by atoms with Crippen molar-refractivity contribution in [2.24, 2.45) is 5.92 Å². The van der Waals surface area contributed by atoms with Gasteiger partial charge in [0.05, 0.1) is 0 Å². The molecule has 1 aliphatic carbocycles. The molecule has 0 radical (unpaired) electrons. The quantitative estimate of drug-likeness (QED) is 0.719. The van der Waals surface area contributed by atoms with E-state index in [4.69, 9.17) is 5.11 Å². The van der Waals surface area contributed by atoms with E-state index < -0.39 is 11.9 Å². The molecule has 0 heterocycles. The fraction of sp³-hybridized carbons (Fsp3) is 0.875. The summed E-state index contributed by atoms with van der Waals surface area (Å²) in [6.07, 6.45) is 0.684. The maximum Gasteiger partial charge on any atom is 0.303 e. The minimum atomic E-state index is -2.54. The fourth-order valence-corrected chi connectivity index (χ4v) is 1.62. The van der Waals surface area contributed by atoms with Crippen molar-refractivity contribution in [2.45, 2.75) is 38.0 Å². The molecule has 1 unspecified atom stereocenters. The standard InChI is InChI=1S/C8H12F2O2/c9-8(10)4-3-6(5-8)1-2-7(11)12/h6H,1-5H2,(H,11,12). The minimum absolute atomic E-state index is 0.0146. The Morgan fingerprint density at radius 2 is 2.25 bits per heavy atom. The first-order valence-corrected chi connectivity index (χ1v) is 4.09. The second-order valence-electron chi connectivity index (χ2n) is 3.40. The molecule has 4 heteroatoms. The van der Waals surface area contributed by atoms with Crippen molar-refractivity contribution in [1.29, 1.82) is 0 Å². The van der Waals surface area contributed by atoms with Gasteiger partial charge in [-0.05, 0) is 18.8 Å². The van der Waals surface area contributed by atoms with Crippen LogP contribution < -0.4 is 0 Å². The van der Waals surface area contributed by atoms with Crippen LogP contribution in [0.15, 0.2) is 0 Å². The Balaban J connectivity index is 2.24. The molecule has 0 aliphatic heterocycles. The molecule has 1 atom stereocenters. The van der Waals surface area contributed by atoms with E-state index in [9.17, 15) is 13.6 Å². The molecular weight excluding hydrogens is 166 g/mol. The maximum atomic E-state index is 12.6. The van der Waals surface area contributed by atoms with Gasteiger partial charge in [-0.1, -0.05) is 0 Å². The Hall–Kier alpha value is -0.670. The van der Waals surface area contributed by atoms with Gasteiger partial charge in [0.2, 0.25) is 5.92 Å². The van der Waals surface area contributed by atoms with Crippen molar-refractivity contribution in [3.63, 3.8) is 0 Å². The molecular formula is C8H12F2O2. The predicted molar refractivity (Wildman–Crippen MR) is 39.2 cm³/mol. The number of rotatable bonds is 3. The predicted octanol–water partition coefficient (Wildman–Crippen LogP) is 2.29. The van der Waals surface area contributed by atoms with E-state index in [1.807, 2.05) is 0 Å². The highest BCUT2D eigenvalue weighted by Crippen LogP contribution is 2.40. The number of alkyl halides is 2. The third-order valence-corrected chi connectivity index (χ3v) is 2.27. The van der Waals surface area contributed by atoms with Crippen LogP contribution in [0.1, 0.15) is 32.1 Å². The van der Waals surface area contributed by atoms with Crippen molar-refractivity contribution in [3.05, 3.63) is 0 Å². The van der Waals surface area contributed by atoms with Crippen LogP contribution in [0.2, 0.25) is 0 Å². The molecule has 0 saturated heterocycles. The van der Waals surface area contributed by atoms with Crippen molar-refractivity contribution >= 4 is 5.97 Å². The SMILES string of the molecule is O=C(O)CCC1CCC(F)(F)C1. The summed E-state index contributed by atoms with van der Waals surface area (Å²) in [5, 5.41) is 8.32. The highest BCUT2D eigenvalue weighted by molar-refractivity contribution is 5.66. The van der Waals surface area contributed by atoms with Gasteiger partial charge in [-0.3, -0.25) is 4.79 Å². The Bertz CT molecular complexity index is 180. The molecule has 1 fully saturated rings. The lowest BCUT2D eigenvalue weighted by Crippen LogP contribution is -2.10. The van der Waals surface area contributed by atoms with E-state index >= 15 is 0 Å². The number of hydrogen-bond donors (Lipinski definition) is 1. The van der Waals surface area contributed by atoms with Gasteiger partial charge < -0.3 is 5.11 Å². The van der Waals surface area contributed by atoms with Crippen LogP contribution in [0.25, 0.3) is 0 Å². The van der Waals surface area contributed by atoms with Gasteiger partial charge in [-0.15, -0.1) is 0 Å². The van der Waals surface area contributed by atoms with Crippen LogP contribution >= 0.6 is 0 Å². The summed E-state index contributed by atoms with van der Waals surface area (Å²) in [5.41, 5.74) is 0. The van der Waals surface area contributed by atoms with E-state index in [-0.39, 0.29) is 25.2 Å². The molecule has 2 nitrogen and oxygen atoms in total. The smallest absolute Gasteiger partial charge is 0.303 e. The third kappa shape index (κ3) is 2.75. The first kappa shape index (κ1) is 9.42. The zero-order valence-electron chi connectivity index (χ0n) is 6.72. The average Bonchev–Trinajstić information content (AvgIpc) is 2.26. The van der Waals surface area contributed by atoms with Crippen molar-refractivity contribution in [3.8, 4) is 0 Å². The molecule has 1 rings (SSSR count). The lowest BCUT2D eigenvalue weighted by atomic mass is 10.0. The normalized spacial score (nSPS) is 27.3. The molecule has 0 aromatic heterocycles. The fourth-order valence-electron chi connectivity index (χ4n) is 1.62. The summed E-state index contributed by atoms with van der Waals surface area (Å²) < 4.78 is 25.1. The molecule has 70 valence electrons. The van der Waals surface area contributed by atoms with Crippen LogP contribution in [0.4, 0.5) is 8.78 Å². The average molecular weight is 178 g/mol. The highest BCUT2D eigenvalue weighted by Gasteiger charge is 2.38. The van der Waals surface area contributed by atoms with E-state index in [0.717, 1.165) is 0 Å².